The molecule has 0 aromatic heterocycles. The van der Waals surface area contributed by atoms with E-state index in [0.717, 1.165) is 23.1 Å². The maximum absolute atomic E-state index is 12.6. The van der Waals surface area contributed by atoms with Crippen molar-refractivity contribution in [1.82, 2.24) is 10.2 Å². The van der Waals surface area contributed by atoms with E-state index >= 15 is 0 Å². The highest BCUT2D eigenvalue weighted by Crippen LogP contribution is 2.22. The molecule has 7 heteroatoms. The molecular formula is C27H34N2O5. The van der Waals surface area contributed by atoms with E-state index in [1.165, 1.54) is 10.5 Å². The first kappa shape index (κ1) is 25.3. The third-order valence-electron chi connectivity index (χ3n) is 5.53. The minimum absolute atomic E-state index is 0.0526. The van der Waals surface area contributed by atoms with Crippen LogP contribution >= 0.6 is 0 Å². The number of hydrogen-bond donors (Lipinski definition) is 1. The Bertz CT molecular complexity index is 993. The first-order valence-corrected chi connectivity index (χ1v) is 11.7. The van der Waals surface area contributed by atoms with Gasteiger partial charge in [0.2, 0.25) is 5.91 Å². The van der Waals surface area contributed by atoms with E-state index in [1.807, 2.05) is 55.5 Å². The lowest BCUT2D eigenvalue weighted by Gasteiger charge is -2.27. The molecule has 2 aromatic rings. The number of rotatable bonds is 7. The molecule has 0 unspecified atom stereocenters. The first-order valence-electron chi connectivity index (χ1n) is 11.7. The monoisotopic (exact) mass is 466 g/mol. The Morgan fingerprint density at radius 2 is 1.59 bits per heavy atom. The van der Waals surface area contributed by atoms with Crippen molar-refractivity contribution in [2.45, 2.75) is 71.8 Å². The van der Waals surface area contributed by atoms with Crippen molar-refractivity contribution in [2.24, 2.45) is 0 Å². The van der Waals surface area contributed by atoms with Crippen LogP contribution in [0.1, 0.15) is 55.9 Å². The number of carbonyl (C=O) groups excluding carboxylic acids is 3. The summed E-state index contributed by atoms with van der Waals surface area (Å²) in [5, 5.41) is 2.93. The number of amides is 2. The highest BCUT2D eigenvalue weighted by molar-refractivity contribution is 5.82. The number of hydrogen-bond acceptors (Lipinski definition) is 5. The van der Waals surface area contributed by atoms with Gasteiger partial charge in [-0.3, -0.25) is 9.69 Å². The van der Waals surface area contributed by atoms with Gasteiger partial charge in [0.1, 0.15) is 18.2 Å². The summed E-state index contributed by atoms with van der Waals surface area (Å²) >= 11 is 0. The van der Waals surface area contributed by atoms with Crippen LogP contribution < -0.4 is 5.32 Å². The van der Waals surface area contributed by atoms with E-state index in [1.54, 1.807) is 20.8 Å². The Balaban J connectivity index is 1.45. The number of esters is 1. The van der Waals surface area contributed by atoms with Crippen LogP contribution in [0.3, 0.4) is 0 Å². The quantitative estimate of drug-likeness (QED) is 0.615. The maximum atomic E-state index is 12.6. The molecule has 0 spiro atoms. The van der Waals surface area contributed by atoms with Crippen LogP contribution in [-0.2, 0) is 38.6 Å². The minimum atomic E-state index is -0.619. The molecule has 2 amide bonds. The SMILES string of the molecule is Cc1ccc(CNC(=O)Cc2ccc(COC(=O)[C@H]3CCCN3C(=O)OC(C)(C)C)cc2)cc1. The molecule has 1 atom stereocenters. The van der Waals surface area contributed by atoms with Gasteiger partial charge in [-0.25, -0.2) is 9.59 Å². The lowest BCUT2D eigenvalue weighted by atomic mass is 10.1. The number of aryl methyl sites for hydroxylation is 1. The molecule has 1 N–H and O–H groups in total. The van der Waals surface area contributed by atoms with Gasteiger partial charge in [-0.05, 0) is 57.2 Å². The van der Waals surface area contributed by atoms with Crippen LogP contribution in [0.25, 0.3) is 0 Å². The zero-order valence-electron chi connectivity index (χ0n) is 20.4. The number of likely N-dealkylation sites (tertiary alicyclic amines) is 1. The van der Waals surface area contributed by atoms with Gasteiger partial charge < -0.3 is 14.8 Å². The standard InChI is InChI=1S/C27H34N2O5/c1-19-7-9-21(10-8-19)17-28-24(30)16-20-11-13-22(14-12-20)18-33-25(31)23-6-5-15-29(23)26(32)34-27(2,3)4/h7-14,23H,5-6,15-18H2,1-4H3,(H,28,30)/t23-/m1/s1. The zero-order chi connectivity index (χ0) is 24.7. The molecule has 7 nitrogen and oxygen atoms in total. The third kappa shape index (κ3) is 7.61. The topological polar surface area (TPSA) is 84.9 Å². The number of ether oxygens (including phenoxy) is 2. The molecule has 2 aromatic carbocycles. The first-order chi connectivity index (χ1) is 16.1. The zero-order valence-corrected chi connectivity index (χ0v) is 20.4. The van der Waals surface area contributed by atoms with Crippen molar-refractivity contribution in [2.75, 3.05) is 6.54 Å². The second kappa shape index (κ2) is 11.2. The normalized spacial score (nSPS) is 15.6. The Morgan fingerprint density at radius 3 is 2.24 bits per heavy atom. The van der Waals surface area contributed by atoms with Crippen molar-refractivity contribution in [3.05, 3.63) is 70.8 Å². The van der Waals surface area contributed by atoms with E-state index in [9.17, 15) is 14.4 Å². The fourth-order valence-electron chi connectivity index (χ4n) is 3.71. The summed E-state index contributed by atoms with van der Waals surface area (Å²) in [6.07, 6.45) is 1.09. The molecule has 182 valence electrons. The van der Waals surface area contributed by atoms with Crippen molar-refractivity contribution in [1.29, 1.82) is 0 Å². The van der Waals surface area contributed by atoms with E-state index in [0.29, 0.717) is 19.5 Å². The van der Waals surface area contributed by atoms with Crippen LogP contribution in [0.5, 0.6) is 0 Å². The fourth-order valence-corrected chi connectivity index (χ4v) is 3.71. The van der Waals surface area contributed by atoms with Gasteiger partial charge in [-0.1, -0.05) is 54.1 Å². The minimum Gasteiger partial charge on any atom is -0.459 e. The van der Waals surface area contributed by atoms with E-state index in [4.69, 9.17) is 9.47 Å². The molecular weight excluding hydrogens is 432 g/mol. The van der Waals surface area contributed by atoms with Crippen molar-refractivity contribution < 1.29 is 23.9 Å². The van der Waals surface area contributed by atoms with Crippen molar-refractivity contribution >= 4 is 18.0 Å². The van der Waals surface area contributed by atoms with Gasteiger partial charge in [0.05, 0.1) is 6.42 Å². The predicted molar refractivity (Wildman–Crippen MR) is 129 cm³/mol. The molecule has 0 saturated carbocycles. The van der Waals surface area contributed by atoms with Gasteiger partial charge in [0.15, 0.2) is 0 Å². The van der Waals surface area contributed by atoms with Crippen LogP contribution in [0.4, 0.5) is 4.79 Å². The smallest absolute Gasteiger partial charge is 0.411 e. The Hall–Kier alpha value is -3.35. The molecule has 0 bridgehead atoms. The summed E-state index contributed by atoms with van der Waals surface area (Å²) in [6, 6.07) is 14.8. The molecule has 3 rings (SSSR count). The van der Waals surface area contributed by atoms with Crippen molar-refractivity contribution in [3.8, 4) is 0 Å². The average Bonchev–Trinajstić information content (AvgIpc) is 3.27. The average molecular weight is 467 g/mol. The molecule has 1 saturated heterocycles. The number of carbonyl (C=O) groups is 3. The summed E-state index contributed by atoms with van der Waals surface area (Å²) in [6.45, 7) is 8.50. The Morgan fingerprint density at radius 1 is 0.971 bits per heavy atom. The van der Waals surface area contributed by atoms with Gasteiger partial charge in [-0.2, -0.15) is 0 Å². The highest BCUT2D eigenvalue weighted by atomic mass is 16.6. The predicted octanol–water partition coefficient (Wildman–Crippen LogP) is 4.30. The molecule has 0 aliphatic carbocycles. The van der Waals surface area contributed by atoms with Crippen LogP contribution in [0, 0.1) is 6.92 Å². The van der Waals surface area contributed by atoms with Crippen LogP contribution in [0.2, 0.25) is 0 Å². The second-order valence-corrected chi connectivity index (χ2v) is 9.70. The molecule has 34 heavy (non-hydrogen) atoms. The number of nitrogens with zero attached hydrogens (tertiary/aromatic N) is 1. The van der Waals surface area contributed by atoms with Gasteiger partial charge in [0, 0.05) is 13.1 Å². The number of benzene rings is 2. The summed E-state index contributed by atoms with van der Waals surface area (Å²) in [4.78, 5) is 38.7. The van der Waals surface area contributed by atoms with Gasteiger partial charge >= 0.3 is 12.1 Å². The van der Waals surface area contributed by atoms with E-state index in [-0.39, 0.29) is 18.9 Å². The third-order valence-corrected chi connectivity index (χ3v) is 5.53. The fraction of sp³-hybridized carbons (Fsp3) is 0.444. The molecule has 1 fully saturated rings. The number of nitrogens with one attached hydrogen (secondary N) is 1. The maximum Gasteiger partial charge on any atom is 0.411 e. The summed E-state index contributed by atoms with van der Waals surface area (Å²) in [5.41, 5.74) is 3.32. The molecule has 1 aliphatic rings. The summed E-state index contributed by atoms with van der Waals surface area (Å²) in [5.74, 6) is -0.480. The Kier molecular flexibility index (Phi) is 8.31. The second-order valence-electron chi connectivity index (χ2n) is 9.70. The molecule has 1 aliphatic heterocycles. The van der Waals surface area contributed by atoms with Gasteiger partial charge in [-0.15, -0.1) is 0 Å². The summed E-state index contributed by atoms with van der Waals surface area (Å²) < 4.78 is 10.9. The van der Waals surface area contributed by atoms with Crippen LogP contribution in [-0.4, -0.2) is 41.1 Å². The van der Waals surface area contributed by atoms with E-state index < -0.39 is 23.7 Å². The molecule has 1 heterocycles. The highest BCUT2D eigenvalue weighted by Gasteiger charge is 2.37. The molecule has 0 radical (unpaired) electrons. The van der Waals surface area contributed by atoms with E-state index in [2.05, 4.69) is 5.32 Å². The Labute approximate surface area is 201 Å². The van der Waals surface area contributed by atoms with Crippen LogP contribution in [0.15, 0.2) is 48.5 Å². The lowest BCUT2D eigenvalue weighted by Crippen LogP contribution is -2.44. The summed E-state index contributed by atoms with van der Waals surface area (Å²) in [7, 11) is 0. The van der Waals surface area contributed by atoms with Gasteiger partial charge in [0.25, 0.3) is 0 Å². The lowest BCUT2D eigenvalue weighted by molar-refractivity contribution is -0.150. The largest absolute Gasteiger partial charge is 0.459 e. The van der Waals surface area contributed by atoms with Crippen molar-refractivity contribution in [3.63, 3.8) is 0 Å².